The lowest BCUT2D eigenvalue weighted by atomic mass is 9.98. The van der Waals surface area contributed by atoms with Crippen LogP contribution in [0.15, 0.2) is 42.5 Å². The van der Waals surface area contributed by atoms with Crippen LogP contribution in [0.1, 0.15) is 33.2 Å². The van der Waals surface area contributed by atoms with Gasteiger partial charge in [0.2, 0.25) is 0 Å². The highest BCUT2D eigenvalue weighted by atomic mass is 35.5. The lowest BCUT2D eigenvalue weighted by Gasteiger charge is -2.10. The summed E-state index contributed by atoms with van der Waals surface area (Å²) in [5, 5.41) is 0.489. The molecule has 0 saturated carbocycles. The molecule has 0 fully saturated rings. The van der Waals surface area contributed by atoms with Crippen molar-refractivity contribution in [2.75, 3.05) is 6.61 Å². The number of halogens is 2. The van der Waals surface area contributed by atoms with Gasteiger partial charge in [-0.25, -0.2) is 4.79 Å². The maximum Gasteiger partial charge on any atom is 0.338 e. The minimum absolute atomic E-state index is 0.103. The summed E-state index contributed by atoms with van der Waals surface area (Å²) >= 11 is 12.1. The molecule has 2 rings (SSSR count). The summed E-state index contributed by atoms with van der Waals surface area (Å²) in [5.41, 5.74) is 0.526. The topological polar surface area (TPSA) is 43.4 Å². The predicted molar refractivity (Wildman–Crippen MR) is 82.3 cm³/mol. The molecule has 2 aromatic rings. The Balaban J connectivity index is 2.56. The zero-order valence-electron chi connectivity index (χ0n) is 11.2. The van der Waals surface area contributed by atoms with Gasteiger partial charge in [-0.15, -0.1) is 0 Å². The fraction of sp³-hybridized carbons (Fsp3) is 0.125. The van der Waals surface area contributed by atoms with E-state index in [1.165, 1.54) is 6.07 Å². The van der Waals surface area contributed by atoms with E-state index in [0.717, 1.165) is 0 Å². The standard InChI is InChI=1S/C16H12Cl2O3/c1-2-21-16(20)11-7-5-9-13(18)14(11)15(19)10-6-3-4-8-12(10)17/h3-9H,2H2,1H3. The number of hydrogen-bond donors (Lipinski definition) is 0. The molecule has 108 valence electrons. The van der Waals surface area contributed by atoms with Crippen molar-refractivity contribution < 1.29 is 14.3 Å². The van der Waals surface area contributed by atoms with Crippen LogP contribution in [0.3, 0.4) is 0 Å². The molecule has 0 aliphatic heterocycles. The van der Waals surface area contributed by atoms with E-state index >= 15 is 0 Å². The molecule has 0 spiro atoms. The molecule has 0 aliphatic rings. The fourth-order valence-electron chi connectivity index (χ4n) is 1.91. The van der Waals surface area contributed by atoms with Crippen LogP contribution in [-0.4, -0.2) is 18.4 Å². The molecule has 3 nitrogen and oxygen atoms in total. The molecule has 0 atom stereocenters. The average Bonchev–Trinajstić information content (AvgIpc) is 2.47. The lowest BCUT2D eigenvalue weighted by molar-refractivity contribution is 0.0523. The Morgan fingerprint density at radius 3 is 2.24 bits per heavy atom. The van der Waals surface area contributed by atoms with Gasteiger partial charge in [0.25, 0.3) is 0 Å². The summed E-state index contributed by atoms with van der Waals surface area (Å²) in [6.07, 6.45) is 0. The Morgan fingerprint density at radius 2 is 1.57 bits per heavy atom. The highest BCUT2D eigenvalue weighted by molar-refractivity contribution is 6.39. The molecule has 0 aliphatic carbocycles. The van der Waals surface area contributed by atoms with Gasteiger partial charge in [-0.3, -0.25) is 4.79 Å². The first-order chi connectivity index (χ1) is 10.1. The van der Waals surface area contributed by atoms with Crippen molar-refractivity contribution in [2.24, 2.45) is 0 Å². The first-order valence-electron chi connectivity index (χ1n) is 6.31. The highest BCUT2D eigenvalue weighted by Crippen LogP contribution is 2.27. The Hall–Kier alpha value is -1.84. The van der Waals surface area contributed by atoms with Gasteiger partial charge in [0.05, 0.1) is 27.8 Å². The van der Waals surface area contributed by atoms with E-state index < -0.39 is 11.8 Å². The van der Waals surface area contributed by atoms with Crippen molar-refractivity contribution in [1.29, 1.82) is 0 Å². The SMILES string of the molecule is CCOC(=O)c1cccc(Cl)c1C(=O)c1ccccc1Cl. The second-order valence-corrected chi connectivity index (χ2v) is 5.01. The van der Waals surface area contributed by atoms with Crippen molar-refractivity contribution >= 4 is 35.0 Å². The van der Waals surface area contributed by atoms with Crippen LogP contribution in [0.25, 0.3) is 0 Å². The summed E-state index contributed by atoms with van der Waals surface area (Å²) in [5.74, 6) is -0.996. The summed E-state index contributed by atoms with van der Waals surface area (Å²) in [4.78, 5) is 24.6. The summed E-state index contributed by atoms with van der Waals surface area (Å²) < 4.78 is 4.96. The Labute approximate surface area is 132 Å². The maximum absolute atomic E-state index is 12.6. The lowest BCUT2D eigenvalue weighted by Crippen LogP contribution is -2.13. The maximum atomic E-state index is 12.6. The second-order valence-electron chi connectivity index (χ2n) is 4.19. The quantitative estimate of drug-likeness (QED) is 0.619. The van der Waals surface area contributed by atoms with Gasteiger partial charge < -0.3 is 4.74 Å². The fourth-order valence-corrected chi connectivity index (χ4v) is 2.40. The summed E-state index contributed by atoms with van der Waals surface area (Å²) in [6.45, 7) is 1.91. The Morgan fingerprint density at radius 1 is 0.952 bits per heavy atom. The van der Waals surface area contributed by atoms with Gasteiger partial charge >= 0.3 is 5.97 Å². The number of hydrogen-bond acceptors (Lipinski definition) is 3. The predicted octanol–water partition coefficient (Wildman–Crippen LogP) is 4.40. The van der Waals surface area contributed by atoms with Crippen LogP contribution in [0.5, 0.6) is 0 Å². The van der Waals surface area contributed by atoms with E-state index in [1.807, 2.05) is 0 Å². The molecular formula is C16H12Cl2O3. The smallest absolute Gasteiger partial charge is 0.338 e. The van der Waals surface area contributed by atoms with E-state index in [1.54, 1.807) is 43.3 Å². The second kappa shape index (κ2) is 6.74. The number of carbonyl (C=O) groups is 2. The van der Waals surface area contributed by atoms with Crippen LogP contribution in [0.4, 0.5) is 0 Å². The molecule has 5 heteroatoms. The van der Waals surface area contributed by atoms with Crippen LogP contribution in [0.2, 0.25) is 10.0 Å². The Bertz CT molecular complexity index is 696. The number of ketones is 1. The minimum Gasteiger partial charge on any atom is -0.462 e. The van der Waals surface area contributed by atoms with E-state index in [9.17, 15) is 9.59 Å². The van der Waals surface area contributed by atoms with Crippen LogP contribution in [0, 0.1) is 0 Å². The first-order valence-corrected chi connectivity index (χ1v) is 7.06. The third kappa shape index (κ3) is 3.26. The number of benzene rings is 2. The van der Waals surface area contributed by atoms with Crippen LogP contribution in [-0.2, 0) is 4.74 Å². The molecule has 21 heavy (non-hydrogen) atoms. The zero-order chi connectivity index (χ0) is 15.4. The van der Waals surface area contributed by atoms with E-state index in [4.69, 9.17) is 27.9 Å². The Kier molecular flexibility index (Phi) is 4.99. The van der Waals surface area contributed by atoms with E-state index in [0.29, 0.717) is 5.02 Å². The van der Waals surface area contributed by atoms with Crippen LogP contribution < -0.4 is 0 Å². The molecule has 2 aromatic carbocycles. The van der Waals surface area contributed by atoms with Crippen molar-refractivity contribution in [3.05, 3.63) is 69.2 Å². The van der Waals surface area contributed by atoms with Crippen molar-refractivity contribution in [2.45, 2.75) is 6.92 Å². The molecule has 0 aromatic heterocycles. The molecular weight excluding hydrogens is 311 g/mol. The number of esters is 1. The van der Waals surface area contributed by atoms with Gasteiger partial charge in [0.15, 0.2) is 5.78 Å². The van der Waals surface area contributed by atoms with Gasteiger partial charge in [-0.05, 0) is 31.2 Å². The molecule has 0 heterocycles. The molecule has 0 radical (unpaired) electrons. The molecule has 0 amide bonds. The van der Waals surface area contributed by atoms with Gasteiger partial charge in [-0.1, -0.05) is 41.4 Å². The third-order valence-corrected chi connectivity index (χ3v) is 3.50. The normalized spacial score (nSPS) is 10.2. The summed E-state index contributed by atoms with van der Waals surface area (Å²) in [6, 6.07) is 11.3. The van der Waals surface area contributed by atoms with E-state index in [2.05, 4.69) is 0 Å². The molecule has 0 N–H and O–H groups in total. The van der Waals surface area contributed by atoms with E-state index in [-0.39, 0.29) is 28.3 Å². The molecule has 0 bridgehead atoms. The van der Waals surface area contributed by atoms with Crippen molar-refractivity contribution in [1.82, 2.24) is 0 Å². The first kappa shape index (κ1) is 15.5. The number of rotatable bonds is 4. The number of carbonyl (C=O) groups excluding carboxylic acids is 2. The monoisotopic (exact) mass is 322 g/mol. The van der Waals surface area contributed by atoms with Crippen molar-refractivity contribution in [3.8, 4) is 0 Å². The highest BCUT2D eigenvalue weighted by Gasteiger charge is 2.23. The van der Waals surface area contributed by atoms with Gasteiger partial charge in [0, 0.05) is 5.56 Å². The third-order valence-electron chi connectivity index (χ3n) is 2.85. The van der Waals surface area contributed by atoms with Gasteiger partial charge in [0.1, 0.15) is 0 Å². The summed E-state index contributed by atoms with van der Waals surface area (Å²) in [7, 11) is 0. The molecule has 0 unspecified atom stereocenters. The molecule has 0 saturated heterocycles. The van der Waals surface area contributed by atoms with Gasteiger partial charge in [-0.2, -0.15) is 0 Å². The minimum atomic E-state index is -0.588. The van der Waals surface area contributed by atoms with Crippen molar-refractivity contribution in [3.63, 3.8) is 0 Å². The average molecular weight is 323 g/mol. The van der Waals surface area contributed by atoms with Crippen LogP contribution >= 0.6 is 23.2 Å². The zero-order valence-corrected chi connectivity index (χ0v) is 12.7. The largest absolute Gasteiger partial charge is 0.462 e. The number of ether oxygens (including phenoxy) is 1.